The first-order chi connectivity index (χ1) is 18.5. The van der Waals surface area contributed by atoms with E-state index in [1.54, 1.807) is 24.7 Å². The number of ether oxygens (including phenoxy) is 2. The van der Waals surface area contributed by atoms with Crippen LogP contribution < -0.4 is 10.1 Å². The summed E-state index contributed by atoms with van der Waals surface area (Å²) in [5.41, 5.74) is 3.57. The van der Waals surface area contributed by atoms with Crippen molar-refractivity contribution in [3.8, 4) is 5.75 Å². The van der Waals surface area contributed by atoms with Gasteiger partial charge in [-0.2, -0.15) is 5.10 Å². The number of aromatic nitrogens is 4. The fourth-order valence-corrected chi connectivity index (χ4v) is 6.18. The van der Waals surface area contributed by atoms with Crippen molar-refractivity contribution in [1.82, 2.24) is 24.8 Å². The van der Waals surface area contributed by atoms with E-state index in [9.17, 15) is 0 Å². The second-order valence-electron chi connectivity index (χ2n) is 9.02. The summed E-state index contributed by atoms with van der Waals surface area (Å²) in [6.07, 6.45) is 8.39. The number of halogens is 3. The molecule has 1 aliphatic rings. The van der Waals surface area contributed by atoms with Crippen molar-refractivity contribution in [3.05, 3.63) is 82.5 Å². The molecule has 4 aromatic rings. The van der Waals surface area contributed by atoms with Crippen molar-refractivity contribution in [2.45, 2.75) is 38.5 Å². The first-order valence-electron chi connectivity index (χ1n) is 12.3. The molecule has 0 amide bonds. The fraction of sp³-hybridized carbons (Fsp3) is 0.296. The van der Waals surface area contributed by atoms with E-state index in [2.05, 4.69) is 42.4 Å². The van der Waals surface area contributed by atoms with Gasteiger partial charge in [0, 0.05) is 67.0 Å². The molecule has 3 aromatic heterocycles. The van der Waals surface area contributed by atoms with Crippen molar-refractivity contribution < 1.29 is 13.9 Å². The highest BCUT2D eigenvalue weighted by Gasteiger charge is 2.16. The number of hydrogen-bond donors (Lipinski definition) is 1. The Bertz CT molecular complexity index is 1430. The number of nitrogens with one attached hydrogen (secondary N) is 1. The predicted octanol–water partition coefficient (Wildman–Crippen LogP) is 7.15. The highest BCUT2D eigenvalue weighted by Crippen LogP contribution is 2.35. The maximum atomic E-state index is 15.3. The Labute approximate surface area is 240 Å². The molecule has 11 heteroatoms. The highest BCUT2D eigenvalue weighted by molar-refractivity contribution is 14.2. The molecule has 2 atom stereocenters. The summed E-state index contributed by atoms with van der Waals surface area (Å²) in [6, 6.07) is 11.6. The zero-order valence-corrected chi connectivity index (χ0v) is 24.6. The number of rotatable bonds is 9. The molecule has 38 heavy (non-hydrogen) atoms. The molecule has 2 unspecified atom stereocenters. The van der Waals surface area contributed by atoms with Gasteiger partial charge in [0.2, 0.25) is 0 Å². The topological polar surface area (TPSA) is 74.1 Å². The molecule has 5 rings (SSSR count). The highest BCUT2D eigenvalue weighted by atomic mass is 127. The Morgan fingerprint density at radius 2 is 2.13 bits per heavy atom. The Hall–Kier alpha value is -2.17. The van der Waals surface area contributed by atoms with Crippen LogP contribution in [0.15, 0.2) is 55.0 Å². The van der Waals surface area contributed by atoms with Crippen molar-refractivity contribution in [2.24, 2.45) is 0 Å². The van der Waals surface area contributed by atoms with E-state index >= 15 is 4.39 Å². The lowest BCUT2D eigenvalue weighted by Crippen LogP contribution is -2.34. The van der Waals surface area contributed by atoms with Crippen molar-refractivity contribution in [3.63, 3.8) is 0 Å². The van der Waals surface area contributed by atoms with Gasteiger partial charge in [-0.15, -0.1) is 0 Å². The van der Waals surface area contributed by atoms with Crippen LogP contribution in [-0.2, 0) is 11.3 Å². The zero-order valence-electron chi connectivity index (χ0n) is 20.7. The molecule has 4 heterocycles. The Morgan fingerprint density at radius 3 is 2.87 bits per heavy atom. The predicted molar refractivity (Wildman–Crippen MR) is 160 cm³/mol. The molecule has 0 saturated carbocycles. The number of benzene rings is 1. The number of hydrogen-bond acceptors (Lipinski definition) is 6. The van der Waals surface area contributed by atoms with Crippen LogP contribution in [0.2, 0.25) is 5.02 Å². The maximum Gasteiger partial charge on any atom is 0.134 e. The maximum absolute atomic E-state index is 15.3. The lowest BCUT2D eigenvalue weighted by atomic mass is 10.1. The first kappa shape index (κ1) is 27.4. The van der Waals surface area contributed by atoms with E-state index in [0.717, 1.165) is 48.2 Å². The zero-order chi connectivity index (χ0) is 26.5. The van der Waals surface area contributed by atoms with Gasteiger partial charge in [-0.3, -0.25) is 9.97 Å². The first-order valence-corrected chi connectivity index (χ1v) is 16.7. The van der Waals surface area contributed by atoms with Gasteiger partial charge < -0.3 is 14.8 Å². The Morgan fingerprint density at radius 1 is 1.29 bits per heavy atom. The molecule has 1 aromatic carbocycles. The fourth-order valence-electron chi connectivity index (χ4n) is 4.37. The largest absolute Gasteiger partial charge is 0.486 e. The number of nitrogens with zero attached hydrogens (tertiary/aromatic N) is 4. The smallest absolute Gasteiger partial charge is 0.134 e. The van der Waals surface area contributed by atoms with Gasteiger partial charge in [-0.05, 0) is 78.2 Å². The Kier molecular flexibility index (Phi) is 9.22. The van der Waals surface area contributed by atoms with Crippen LogP contribution in [0.4, 0.5) is 4.39 Å². The van der Waals surface area contributed by atoms with Crippen molar-refractivity contribution >= 4 is 62.8 Å². The van der Waals surface area contributed by atoms with E-state index in [0.29, 0.717) is 41.0 Å². The minimum Gasteiger partial charge on any atom is -0.486 e. The molecule has 7 nitrogen and oxygen atoms in total. The third-order valence-corrected chi connectivity index (χ3v) is 8.66. The van der Waals surface area contributed by atoms with Crippen LogP contribution >= 0.6 is 40.0 Å². The molecular formula is C27H27ClFIN5O2P. The number of fused-ring (bicyclic) bond motifs is 1. The molecule has 1 aliphatic heterocycles. The summed E-state index contributed by atoms with van der Waals surface area (Å²) in [4.78, 5) is 8.49. The van der Waals surface area contributed by atoms with Crippen LogP contribution in [0.3, 0.4) is 0 Å². The normalized spacial score (nSPS) is 15.9. The summed E-state index contributed by atoms with van der Waals surface area (Å²) in [5.74, 6) is 0.250. The van der Waals surface area contributed by atoms with Crippen LogP contribution in [0.1, 0.15) is 48.4 Å². The van der Waals surface area contributed by atoms with Gasteiger partial charge in [0.15, 0.2) is 0 Å². The molecule has 1 N–H and O–H groups in total. The van der Waals surface area contributed by atoms with Gasteiger partial charge in [0.25, 0.3) is 0 Å². The Balaban J connectivity index is 1.34. The lowest BCUT2D eigenvalue weighted by Gasteiger charge is -2.23. The van der Waals surface area contributed by atoms with Gasteiger partial charge in [0.1, 0.15) is 17.7 Å². The van der Waals surface area contributed by atoms with Crippen molar-refractivity contribution in [2.75, 3.05) is 13.2 Å². The third-order valence-electron chi connectivity index (χ3n) is 6.47. The standard InChI is InChI=1S/C27H27ClFIN5O2P/c1-17(22-6-9-31-16-24(22)28)37-21-4-5-27-23(12-21)26(34-35(27)38-30)13-25(29)18-2-3-20(32-14-18)15-33-19-7-10-36-11-8-19/h2-6,9,12-14,16-17,19,33,38H,7-8,10-11,15H2,1H3/b25-13-. The van der Waals surface area contributed by atoms with E-state index in [4.69, 9.17) is 21.1 Å². The third kappa shape index (κ3) is 6.51. The lowest BCUT2D eigenvalue weighted by molar-refractivity contribution is 0.0775. The molecular weight excluding hydrogens is 639 g/mol. The van der Waals surface area contributed by atoms with Gasteiger partial charge >= 0.3 is 0 Å². The van der Waals surface area contributed by atoms with Crippen LogP contribution in [0.25, 0.3) is 22.8 Å². The summed E-state index contributed by atoms with van der Waals surface area (Å²) < 4.78 is 28.8. The van der Waals surface area contributed by atoms with Gasteiger partial charge in [-0.25, -0.2) is 8.84 Å². The molecule has 1 fully saturated rings. The van der Waals surface area contributed by atoms with Gasteiger partial charge in [0.05, 0.1) is 28.3 Å². The summed E-state index contributed by atoms with van der Waals surface area (Å²) in [7, 11) is 0. The van der Waals surface area contributed by atoms with E-state index in [-0.39, 0.29) is 6.10 Å². The summed E-state index contributed by atoms with van der Waals surface area (Å²) >= 11 is 8.55. The van der Waals surface area contributed by atoms with Gasteiger partial charge in [-0.1, -0.05) is 11.6 Å². The number of pyridine rings is 2. The summed E-state index contributed by atoms with van der Waals surface area (Å²) in [5, 5.41) is 9.50. The molecule has 0 spiro atoms. The van der Waals surface area contributed by atoms with E-state index in [1.165, 1.54) is 6.08 Å². The average molecular weight is 666 g/mol. The van der Waals surface area contributed by atoms with Crippen LogP contribution in [-0.4, -0.2) is 38.8 Å². The van der Waals surface area contributed by atoms with E-state index < -0.39 is 5.83 Å². The monoisotopic (exact) mass is 665 g/mol. The minimum absolute atomic E-state index is 0.286. The average Bonchev–Trinajstić information content (AvgIpc) is 3.29. The SMILES string of the molecule is CC(Oc1ccc2c(c1)c(/C=C(\F)c1ccc(CNC3CCOCC3)nc1)nn2PI)c1ccncc1Cl. The summed E-state index contributed by atoms with van der Waals surface area (Å²) in [6.45, 7) is 4.15. The van der Waals surface area contributed by atoms with Crippen LogP contribution in [0.5, 0.6) is 5.75 Å². The minimum atomic E-state index is -0.395. The van der Waals surface area contributed by atoms with E-state index in [1.807, 2.05) is 41.7 Å². The molecule has 198 valence electrons. The second kappa shape index (κ2) is 12.8. The molecule has 1 saturated heterocycles. The van der Waals surface area contributed by atoms with Crippen LogP contribution in [0, 0.1) is 0 Å². The quantitative estimate of drug-likeness (QED) is 0.151. The second-order valence-corrected chi connectivity index (χ2v) is 11.5. The molecule has 0 radical (unpaired) electrons. The molecule has 0 bridgehead atoms. The molecule has 0 aliphatic carbocycles. The van der Waals surface area contributed by atoms with Crippen molar-refractivity contribution in [1.29, 1.82) is 0 Å².